The summed E-state index contributed by atoms with van der Waals surface area (Å²) in [6, 6.07) is 22.6. The number of benzene rings is 2. The van der Waals surface area contributed by atoms with Gasteiger partial charge in [-0.05, 0) is 49.4 Å². The number of likely N-dealkylation sites (tertiary alicyclic amines) is 2. The molecule has 0 saturated carbocycles. The van der Waals surface area contributed by atoms with Crippen LogP contribution < -0.4 is 0 Å². The maximum Gasteiger partial charge on any atom is 0.0995 e. The molecule has 3 heteroatoms. The molecule has 2 aromatic rings. The van der Waals surface area contributed by atoms with Crippen LogP contribution in [-0.2, 0) is 13.0 Å². The third-order valence-electron chi connectivity index (χ3n) is 6.07. The van der Waals surface area contributed by atoms with Gasteiger partial charge in [0.25, 0.3) is 0 Å². The molecule has 0 bridgehead atoms. The highest BCUT2D eigenvalue weighted by Crippen LogP contribution is 2.33. The van der Waals surface area contributed by atoms with Crippen LogP contribution in [0.25, 0.3) is 0 Å². The summed E-state index contributed by atoms with van der Waals surface area (Å²) in [4.78, 5) is 5.32. The van der Waals surface area contributed by atoms with Crippen LogP contribution in [0.1, 0.15) is 36.0 Å². The lowest BCUT2D eigenvalue weighted by atomic mass is 10.1. The standard InChI is InChI=1S/C23H27N3/c24-17-20-10-4-5-11-21(20)18-26-16-13-22-23(26)12-15-25(22)14-6-9-19-7-2-1-3-8-19/h1-5,7-8,10-11,22-23H,6,9,12-16,18H2/t22-,23-/m0/s1. The Bertz CT molecular complexity index is 765. The van der Waals surface area contributed by atoms with Crippen molar-refractivity contribution in [2.75, 3.05) is 19.6 Å². The van der Waals surface area contributed by atoms with Crippen molar-refractivity contribution in [3.05, 3.63) is 71.3 Å². The van der Waals surface area contributed by atoms with Gasteiger partial charge in [-0.1, -0.05) is 48.5 Å². The van der Waals surface area contributed by atoms with E-state index in [-0.39, 0.29) is 0 Å². The van der Waals surface area contributed by atoms with E-state index in [1.807, 2.05) is 18.2 Å². The Labute approximate surface area is 156 Å². The molecule has 0 spiro atoms. The minimum Gasteiger partial charge on any atom is -0.299 e. The minimum absolute atomic E-state index is 0.665. The maximum absolute atomic E-state index is 9.34. The van der Waals surface area contributed by atoms with E-state index in [0.717, 1.165) is 18.7 Å². The second kappa shape index (κ2) is 8.03. The Hall–Kier alpha value is -2.15. The average Bonchev–Trinajstić information content (AvgIpc) is 3.27. The number of aryl methyl sites for hydroxylation is 1. The van der Waals surface area contributed by atoms with Crippen molar-refractivity contribution in [2.45, 2.75) is 44.3 Å². The molecule has 2 aliphatic heterocycles. The van der Waals surface area contributed by atoms with Crippen molar-refractivity contribution < 1.29 is 0 Å². The van der Waals surface area contributed by atoms with E-state index in [0.29, 0.717) is 12.1 Å². The summed E-state index contributed by atoms with van der Waals surface area (Å²) in [5.41, 5.74) is 3.45. The summed E-state index contributed by atoms with van der Waals surface area (Å²) in [5, 5.41) is 9.34. The van der Waals surface area contributed by atoms with E-state index >= 15 is 0 Å². The first-order chi connectivity index (χ1) is 12.8. The predicted octanol–water partition coefficient (Wildman–Crippen LogP) is 3.84. The zero-order chi connectivity index (χ0) is 17.8. The van der Waals surface area contributed by atoms with Crippen LogP contribution in [0.15, 0.2) is 54.6 Å². The van der Waals surface area contributed by atoms with Gasteiger partial charge in [0.2, 0.25) is 0 Å². The van der Waals surface area contributed by atoms with E-state index in [2.05, 4.69) is 52.3 Å². The lowest BCUT2D eigenvalue weighted by Gasteiger charge is -2.26. The second-order valence-corrected chi connectivity index (χ2v) is 7.58. The summed E-state index contributed by atoms with van der Waals surface area (Å²) in [5.74, 6) is 0. The van der Waals surface area contributed by atoms with Crippen molar-refractivity contribution in [3.63, 3.8) is 0 Å². The van der Waals surface area contributed by atoms with Gasteiger partial charge in [-0.25, -0.2) is 0 Å². The molecule has 2 atom stereocenters. The van der Waals surface area contributed by atoms with E-state index in [1.54, 1.807) is 0 Å². The van der Waals surface area contributed by atoms with Crippen molar-refractivity contribution in [1.29, 1.82) is 5.26 Å². The van der Waals surface area contributed by atoms with E-state index in [1.165, 1.54) is 49.9 Å². The van der Waals surface area contributed by atoms with Gasteiger partial charge in [0.05, 0.1) is 11.6 Å². The maximum atomic E-state index is 9.34. The molecular formula is C23H27N3. The van der Waals surface area contributed by atoms with Gasteiger partial charge in [0.15, 0.2) is 0 Å². The molecule has 0 aliphatic carbocycles. The summed E-state index contributed by atoms with van der Waals surface area (Å²) in [6.45, 7) is 4.51. The first kappa shape index (κ1) is 17.3. The third-order valence-corrected chi connectivity index (χ3v) is 6.07. The Morgan fingerprint density at radius 2 is 1.58 bits per heavy atom. The summed E-state index contributed by atoms with van der Waals surface area (Å²) in [7, 11) is 0. The largest absolute Gasteiger partial charge is 0.299 e. The smallest absolute Gasteiger partial charge is 0.0995 e. The number of nitriles is 1. The highest BCUT2D eigenvalue weighted by Gasteiger charge is 2.41. The number of nitrogens with zero attached hydrogens (tertiary/aromatic N) is 3. The van der Waals surface area contributed by atoms with Crippen molar-refractivity contribution >= 4 is 0 Å². The molecule has 3 nitrogen and oxygen atoms in total. The van der Waals surface area contributed by atoms with Gasteiger partial charge in [0.1, 0.15) is 0 Å². The van der Waals surface area contributed by atoms with Crippen LogP contribution in [0.4, 0.5) is 0 Å². The van der Waals surface area contributed by atoms with E-state index in [4.69, 9.17) is 0 Å². The third kappa shape index (κ3) is 3.67. The molecule has 2 heterocycles. The molecule has 0 N–H and O–H groups in total. The first-order valence-electron chi connectivity index (χ1n) is 9.85. The average molecular weight is 345 g/mol. The van der Waals surface area contributed by atoms with Crippen LogP contribution >= 0.6 is 0 Å². The van der Waals surface area contributed by atoms with Crippen LogP contribution in [0.5, 0.6) is 0 Å². The Morgan fingerprint density at radius 1 is 0.885 bits per heavy atom. The SMILES string of the molecule is N#Cc1ccccc1CN1CC[C@H]2[C@@H]1CCN2CCCc1ccccc1. The van der Waals surface area contributed by atoms with Gasteiger partial charge < -0.3 is 0 Å². The van der Waals surface area contributed by atoms with Gasteiger partial charge in [0, 0.05) is 31.7 Å². The van der Waals surface area contributed by atoms with Crippen molar-refractivity contribution in [3.8, 4) is 6.07 Å². The molecular weight excluding hydrogens is 318 g/mol. The highest BCUT2D eigenvalue weighted by atomic mass is 15.3. The molecule has 0 radical (unpaired) electrons. The predicted molar refractivity (Wildman–Crippen MR) is 105 cm³/mol. The van der Waals surface area contributed by atoms with Crippen LogP contribution in [-0.4, -0.2) is 41.5 Å². The lowest BCUT2D eigenvalue weighted by Crippen LogP contribution is -2.36. The van der Waals surface area contributed by atoms with E-state index < -0.39 is 0 Å². The molecule has 2 aliphatic rings. The normalized spacial score (nSPS) is 23.0. The topological polar surface area (TPSA) is 30.3 Å². The molecule has 26 heavy (non-hydrogen) atoms. The molecule has 0 amide bonds. The molecule has 0 unspecified atom stereocenters. The fourth-order valence-electron chi connectivity index (χ4n) is 4.76. The highest BCUT2D eigenvalue weighted by molar-refractivity contribution is 5.37. The number of rotatable bonds is 6. The summed E-state index contributed by atoms with van der Waals surface area (Å²) in [6.07, 6.45) is 4.95. The Kier molecular flexibility index (Phi) is 5.34. The van der Waals surface area contributed by atoms with Gasteiger partial charge in [-0.15, -0.1) is 0 Å². The fourth-order valence-corrected chi connectivity index (χ4v) is 4.76. The van der Waals surface area contributed by atoms with Crippen LogP contribution in [0, 0.1) is 11.3 Å². The van der Waals surface area contributed by atoms with Crippen molar-refractivity contribution in [2.24, 2.45) is 0 Å². The van der Waals surface area contributed by atoms with E-state index in [9.17, 15) is 5.26 Å². The Morgan fingerprint density at radius 3 is 2.38 bits per heavy atom. The van der Waals surface area contributed by atoms with Gasteiger partial charge >= 0.3 is 0 Å². The number of hydrogen-bond acceptors (Lipinski definition) is 3. The number of hydrogen-bond donors (Lipinski definition) is 0. The van der Waals surface area contributed by atoms with Crippen LogP contribution in [0.2, 0.25) is 0 Å². The molecule has 2 aromatic carbocycles. The fraction of sp³-hybridized carbons (Fsp3) is 0.435. The minimum atomic E-state index is 0.665. The van der Waals surface area contributed by atoms with Gasteiger partial charge in [-0.3, -0.25) is 9.80 Å². The van der Waals surface area contributed by atoms with Crippen LogP contribution in [0.3, 0.4) is 0 Å². The second-order valence-electron chi connectivity index (χ2n) is 7.58. The van der Waals surface area contributed by atoms with Crippen molar-refractivity contribution in [1.82, 2.24) is 9.80 Å². The molecule has 4 rings (SSSR count). The zero-order valence-corrected chi connectivity index (χ0v) is 15.3. The molecule has 2 fully saturated rings. The monoisotopic (exact) mass is 345 g/mol. The summed E-state index contributed by atoms with van der Waals surface area (Å²) < 4.78 is 0. The molecule has 0 aromatic heterocycles. The zero-order valence-electron chi connectivity index (χ0n) is 15.3. The lowest BCUT2D eigenvalue weighted by molar-refractivity contribution is 0.215. The Balaban J connectivity index is 1.32. The number of fused-ring (bicyclic) bond motifs is 1. The van der Waals surface area contributed by atoms with Gasteiger partial charge in [-0.2, -0.15) is 5.26 Å². The first-order valence-corrected chi connectivity index (χ1v) is 9.85. The molecule has 134 valence electrons. The quantitative estimate of drug-likeness (QED) is 0.797. The molecule has 2 saturated heterocycles. The summed E-state index contributed by atoms with van der Waals surface area (Å²) >= 11 is 0.